The van der Waals surface area contributed by atoms with E-state index < -0.39 is 11.7 Å². The highest BCUT2D eigenvalue weighted by Crippen LogP contribution is 2.36. The number of hydrogen-bond donors (Lipinski definition) is 3. The van der Waals surface area contributed by atoms with Crippen LogP contribution in [0.5, 0.6) is 0 Å². The van der Waals surface area contributed by atoms with Crippen LogP contribution in [0.4, 0.5) is 11.4 Å². The maximum atomic E-state index is 12.7. The quantitative estimate of drug-likeness (QED) is 0.579. The minimum atomic E-state index is -0.467. The number of carbonyl (C=O) groups excluding carboxylic acids is 3. The second-order valence-electron chi connectivity index (χ2n) is 4.96. The summed E-state index contributed by atoms with van der Waals surface area (Å²) >= 11 is 0. The molecule has 1 aliphatic rings. The van der Waals surface area contributed by atoms with E-state index in [1.807, 2.05) is 0 Å². The summed E-state index contributed by atoms with van der Waals surface area (Å²) in [6.07, 6.45) is 0. The highest BCUT2D eigenvalue weighted by molar-refractivity contribution is 6.32. The van der Waals surface area contributed by atoms with Crippen LogP contribution in [0.3, 0.4) is 0 Å². The summed E-state index contributed by atoms with van der Waals surface area (Å²) < 4.78 is 0. The third-order valence-electron chi connectivity index (χ3n) is 3.74. The molecule has 22 heavy (non-hydrogen) atoms. The van der Waals surface area contributed by atoms with Crippen molar-refractivity contribution in [2.24, 2.45) is 0 Å². The molecule has 0 bridgehead atoms. The molecule has 1 aliphatic carbocycles. The van der Waals surface area contributed by atoms with E-state index in [9.17, 15) is 14.4 Å². The lowest BCUT2D eigenvalue weighted by molar-refractivity contribution is 0.0961. The Hall–Kier alpha value is -3.15. The molecular weight excluding hydrogens is 282 g/mol. The fourth-order valence-electron chi connectivity index (χ4n) is 2.67. The van der Waals surface area contributed by atoms with Crippen LogP contribution in [0.2, 0.25) is 0 Å². The lowest BCUT2D eigenvalue weighted by Crippen LogP contribution is -2.27. The zero-order valence-corrected chi connectivity index (χ0v) is 11.8. The minimum Gasteiger partial charge on any atom is -0.398 e. The molecule has 3 rings (SSSR count). The van der Waals surface area contributed by atoms with Gasteiger partial charge in [-0.15, -0.1) is 0 Å². The van der Waals surface area contributed by atoms with Gasteiger partial charge in [0.05, 0.1) is 22.4 Å². The second kappa shape index (κ2) is 4.70. The van der Waals surface area contributed by atoms with Gasteiger partial charge >= 0.3 is 0 Å². The summed E-state index contributed by atoms with van der Waals surface area (Å²) in [5, 5.41) is 2.43. The number of rotatable bonds is 1. The van der Waals surface area contributed by atoms with Crippen LogP contribution in [0.25, 0.3) is 0 Å². The Kier molecular flexibility index (Phi) is 2.95. The summed E-state index contributed by atoms with van der Waals surface area (Å²) in [5.41, 5.74) is 12.6. The van der Waals surface area contributed by atoms with Crippen molar-refractivity contribution < 1.29 is 14.4 Å². The Morgan fingerprint density at radius 3 is 2.09 bits per heavy atom. The fraction of sp³-hybridized carbons (Fsp3) is 0.0625. The molecule has 5 N–H and O–H groups in total. The highest BCUT2D eigenvalue weighted by atomic mass is 16.2. The first-order valence-electron chi connectivity index (χ1n) is 6.59. The lowest BCUT2D eigenvalue weighted by atomic mass is 9.81. The van der Waals surface area contributed by atoms with Crippen molar-refractivity contribution in [2.75, 3.05) is 18.5 Å². The molecule has 0 aromatic heterocycles. The smallest absolute Gasteiger partial charge is 0.253 e. The van der Waals surface area contributed by atoms with Gasteiger partial charge in [-0.2, -0.15) is 0 Å². The van der Waals surface area contributed by atoms with Gasteiger partial charge in [0.1, 0.15) is 0 Å². The molecule has 2 aromatic carbocycles. The van der Waals surface area contributed by atoms with Gasteiger partial charge in [-0.05, 0) is 6.07 Å². The van der Waals surface area contributed by atoms with Crippen molar-refractivity contribution in [3.63, 3.8) is 0 Å². The van der Waals surface area contributed by atoms with Crippen molar-refractivity contribution in [3.8, 4) is 0 Å². The zero-order chi connectivity index (χ0) is 16.0. The normalized spacial score (nSPS) is 12.6. The number of carbonyl (C=O) groups is 3. The molecule has 0 radical (unpaired) electrons. The maximum Gasteiger partial charge on any atom is 0.253 e. The zero-order valence-electron chi connectivity index (χ0n) is 11.8. The van der Waals surface area contributed by atoms with Crippen LogP contribution in [0.15, 0.2) is 30.3 Å². The van der Waals surface area contributed by atoms with E-state index in [2.05, 4.69) is 5.32 Å². The molecule has 1 amide bonds. The Morgan fingerprint density at radius 2 is 1.55 bits per heavy atom. The van der Waals surface area contributed by atoms with Crippen LogP contribution in [0.1, 0.15) is 42.2 Å². The number of amides is 1. The third-order valence-corrected chi connectivity index (χ3v) is 3.74. The van der Waals surface area contributed by atoms with Gasteiger partial charge in [0.25, 0.3) is 5.91 Å². The highest BCUT2D eigenvalue weighted by Gasteiger charge is 2.34. The van der Waals surface area contributed by atoms with Gasteiger partial charge in [-0.3, -0.25) is 14.4 Å². The number of nitrogens with two attached hydrogens (primary N) is 2. The Morgan fingerprint density at radius 1 is 1.00 bits per heavy atom. The molecule has 0 heterocycles. The Bertz CT molecular complexity index is 856. The van der Waals surface area contributed by atoms with E-state index in [1.165, 1.54) is 13.1 Å². The first-order valence-corrected chi connectivity index (χ1v) is 6.59. The van der Waals surface area contributed by atoms with E-state index in [1.54, 1.807) is 24.3 Å². The van der Waals surface area contributed by atoms with E-state index in [-0.39, 0.29) is 39.4 Å². The fourth-order valence-corrected chi connectivity index (χ4v) is 2.67. The molecule has 110 valence electrons. The molecule has 0 aliphatic heterocycles. The van der Waals surface area contributed by atoms with Crippen molar-refractivity contribution in [1.82, 2.24) is 5.32 Å². The molecule has 0 unspecified atom stereocenters. The van der Waals surface area contributed by atoms with Gasteiger partial charge in [0.15, 0.2) is 11.6 Å². The maximum absolute atomic E-state index is 12.7. The Labute approximate surface area is 126 Å². The number of nitrogens with one attached hydrogen (secondary N) is 1. The van der Waals surface area contributed by atoms with Gasteiger partial charge < -0.3 is 16.8 Å². The lowest BCUT2D eigenvalue weighted by Gasteiger charge is -2.21. The van der Waals surface area contributed by atoms with Gasteiger partial charge in [0, 0.05) is 23.9 Å². The summed E-state index contributed by atoms with van der Waals surface area (Å²) in [7, 11) is 1.44. The number of benzene rings is 2. The van der Waals surface area contributed by atoms with E-state index >= 15 is 0 Å². The summed E-state index contributed by atoms with van der Waals surface area (Å²) in [6, 6.07) is 7.79. The molecule has 6 heteroatoms. The number of fused-ring (bicyclic) bond motifs is 2. The molecule has 0 saturated heterocycles. The molecule has 0 fully saturated rings. The van der Waals surface area contributed by atoms with E-state index in [0.717, 1.165) is 0 Å². The summed E-state index contributed by atoms with van der Waals surface area (Å²) in [6.45, 7) is 0. The monoisotopic (exact) mass is 295 g/mol. The first-order chi connectivity index (χ1) is 10.5. The average molecular weight is 295 g/mol. The minimum absolute atomic E-state index is 0.00213. The van der Waals surface area contributed by atoms with Crippen LogP contribution >= 0.6 is 0 Å². The van der Waals surface area contributed by atoms with Crippen LogP contribution in [-0.2, 0) is 0 Å². The molecule has 0 atom stereocenters. The third kappa shape index (κ3) is 1.70. The van der Waals surface area contributed by atoms with Gasteiger partial charge in [-0.1, -0.05) is 24.3 Å². The molecular formula is C16H13N3O3. The predicted molar refractivity (Wildman–Crippen MR) is 82.0 cm³/mol. The SMILES string of the molecule is CNC(=O)c1cc(N)c2c(c1N)C(=O)c1ccccc1C2=O. The van der Waals surface area contributed by atoms with Crippen LogP contribution in [0, 0.1) is 0 Å². The number of hydrogen-bond acceptors (Lipinski definition) is 5. The largest absolute Gasteiger partial charge is 0.398 e. The standard InChI is InChI=1S/C16H13N3O3/c1-19-16(22)9-6-10(17)11-12(13(9)18)15(21)8-5-3-2-4-7(8)14(11)20/h2-6H,17-18H2,1H3,(H,19,22). The van der Waals surface area contributed by atoms with Crippen LogP contribution < -0.4 is 16.8 Å². The van der Waals surface area contributed by atoms with Gasteiger partial charge in [0.2, 0.25) is 0 Å². The second-order valence-corrected chi connectivity index (χ2v) is 4.96. The molecule has 2 aromatic rings. The van der Waals surface area contributed by atoms with Crippen molar-refractivity contribution in [2.45, 2.75) is 0 Å². The van der Waals surface area contributed by atoms with Crippen LogP contribution in [-0.4, -0.2) is 24.5 Å². The Balaban J connectivity index is 2.36. The van der Waals surface area contributed by atoms with Crippen molar-refractivity contribution in [1.29, 1.82) is 0 Å². The summed E-state index contributed by atoms with van der Waals surface area (Å²) in [4.78, 5) is 37.1. The predicted octanol–water partition coefficient (Wildman–Crippen LogP) is 0.986. The summed E-state index contributed by atoms with van der Waals surface area (Å²) in [5.74, 6) is -1.23. The van der Waals surface area contributed by atoms with E-state index in [4.69, 9.17) is 11.5 Å². The van der Waals surface area contributed by atoms with Crippen molar-refractivity contribution in [3.05, 3.63) is 58.1 Å². The molecule has 6 nitrogen and oxygen atoms in total. The number of ketones is 2. The average Bonchev–Trinajstić information content (AvgIpc) is 2.53. The topological polar surface area (TPSA) is 115 Å². The van der Waals surface area contributed by atoms with E-state index in [0.29, 0.717) is 5.56 Å². The molecule has 0 saturated carbocycles. The number of nitrogen functional groups attached to an aromatic ring is 2. The number of anilines is 2. The van der Waals surface area contributed by atoms with Gasteiger partial charge in [-0.25, -0.2) is 0 Å². The van der Waals surface area contributed by atoms with Crippen molar-refractivity contribution >= 4 is 28.8 Å². The molecule has 0 spiro atoms. The first kappa shape index (κ1) is 13.8.